The normalized spacial score (nSPS) is 24.7. The number of halogens is 3. The molecule has 30 heavy (non-hydrogen) atoms. The molecule has 1 aliphatic carbocycles. The summed E-state index contributed by atoms with van der Waals surface area (Å²) in [6.07, 6.45) is 0.582. The second kappa shape index (κ2) is 8.28. The number of carbonyl (C=O) groups is 2. The quantitative estimate of drug-likeness (QED) is 0.758. The van der Waals surface area contributed by atoms with E-state index in [1.54, 1.807) is 11.0 Å². The van der Waals surface area contributed by atoms with E-state index in [0.29, 0.717) is 44.3 Å². The molecule has 9 heteroatoms. The third kappa shape index (κ3) is 4.44. The monoisotopic (exact) mass is 425 g/mol. The van der Waals surface area contributed by atoms with E-state index in [1.807, 2.05) is 13.8 Å². The summed E-state index contributed by atoms with van der Waals surface area (Å²) in [6.45, 7) is 4.67. The first-order valence-corrected chi connectivity index (χ1v) is 10.0. The SMILES string of the molecule is CC(C)[C@]1(C(=O)N2CC=C(c3cncc(C(F)(F)F)c3)CC2)CC[C@@H](NC(=O)O)C1. The highest BCUT2D eigenvalue weighted by Crippen LogP contribution is 2.46. The van der Waals surface area contributed by atoms with Crippen LogP contribution in [0.3, 0.4) is 0 Å². The molecule has 0 saturated heterocycles. The molecule has 2 aliphatic rings. The fourth-order valence-corrected chi connectivity index (χ4v) is 4.54. The molecule has 1 aromatic rings. The predicted molar refractivity (Wildman–Crippen MR) is 104 cm³/mol. The molecular formula is C21H26F3N3O3. The zero-order valence-electron chi connectivity index (χ0n) is 17.0. The highest BCUT2D eigenvalue weighted by molar-refractivity contribution is 5.85. The topological polar surface area (TPSA) is 82.5 Å². The Morgan fingerprint density at radius 3 is 2.63 bits per heavy atom. The van der Waals surface area contributed by atoms with Crippen LogP contribution in [-0.2, 0) is 11.0 Å². The first-order chi connectivity index (χ1) is 14.0. The molecule has 0 radical (unpaired) electrons. The third-order valence-electron chi connectivity index (χ3n) is 6.34. The minimum atomic E-state index is -4.45. The molecule has 0 bridgehead atoms. The number of pyridine rings is 1. The molecule has 0 unspecified atom stereocenters. The average Bonchev–Trinajstić information content (AvgIpc) is 3.11. The molecule has 0 aromatic carbocycles. The molecule has 3 rings (SSSR count). The number of nitrogens with zero attached hydrogens (tertiary/aromatic N) is 2. The lowest BCUT2D eigenvalue weighted by Crippen LogP contribution is -2.48. The van der Waals surface area contributed by atoms with Crippen LogP contribution in [0.4, 0.5) is 18.0 Å². The molecule has 1 saturated carbocycles. The fraction of sp³-hybridized carbons (Fsp3) is 0.571. The maximum atomic E-state index is 13.4. The van der Waals surface area contributed by atoms with Crippen molar-refractivity contribution in [3.63, 3.8) is 0 Å². The number of carbonyl (C=O) groups excluding carboxylic acids is 1. The van der Waals surface area contributed by atoms with Crippen LogP contribution < -0.4 is 5.32 Å². The van der Waals surface area contributed by atoms with E-state index in [4.69, 9.17) is 5.11 Å². The Morgan fingerprint density at radius 2 is 2.07 bits per heavy atom. The Bertz CT molecular complexity index is 853. The Hall–Kier alpha value is -2.58. The lowest BCUT2D eigenvalue weighted by atomic mass is 9.74. The van der Waals surface area contributed by atoms with Gasteiger partial charge in [0.05, 0.1) is 11.0 Å². The van der Waals surface area contributed by atoms with E-state index >= 15 is 0 Å². The fourth-order valence-electron chi connectivity index (χ4n) is 4.54. The summed E-state index contributed by atoms with van der Waals surface area (Å²) < 4.78 is 38.9. The molecule has 0 spiro atoms. The Morgan fingerprint density at radius 1 is 1.33 bits per heavy atom. The smallest absolute Gasteiger partial charge is 0.417 e. The van der Waals surface area contributed by atoms with Crippen molar-refractivity contribution in [3.8, 4) is 0 Å². The van der Waals surface area contributed by atoms with Crippen molar-refractivity contribution in [3.05, 3.63) is 35.7 Å². The van der Waals surface area contributed by atoms with Crippen molar-refractivity contribution in [2.45, 2.75) is 51.7 Å². The van der Waals surface area contributed by atoms with Gasteiger partial charge in [-0.05, 0) is 48.8 Å². The van der Waals surface area contributed by atoms with Crippen molar-refractivity contribution in [1.29, 1.82) is 0 Å². The summed E-state index contributed by atoms with van der Waals surface area (Å²) in [4.78, 5) is 29.8. The standard InChI is InChI=1S/C21H26F3N3O3/c1-13(2)20(6-3-17(10-20)26-19(29)30)18(28)27-7-4-14(5-8-27)15-9-16(12-25-11-15)21(22,23)24/h4,9,11-13,17,26H,3,5-8,10H2,1-2H3,(H,29,30)/t17-,20+/m1/s1. The molecule has 6 nitrogen and oxygen atoms in total. The molecule has 2 N–H and O–H groups in total. The van der Waals surface area contributed by atoms with E-state index in [0.717, 1.165) is 17.8 Å². The maximum Gasteiger partial charge on any atom is 0.417 e. The first-order valence-electron chi connectivity index (χ1n) is 10.0. The number of alkyl halides is 3. The van der Waals surface area contributed by atoms with Gasteiger partial charge in [0.1, 0.15) is 0 Å². The zero-order valence-corrected chi connectivity index (χ0v) is 17.0. The van der Waals surface area contributed by atoms with Crippen LogP contribution >= 0.6 is 0 Å². The number of amides is 2. The summed E-state index contributed by atoms with van der Waals surface area (Å²) >= 11 is 0. The van der Waals surface area contributed by atoms with Crippen LogP contribution in [0, 0.1) is 11.3 Å². The van der Waals surface area contributed by atoms with E-state index in [-0.39, 0.29) is 17.9 Å². The average molecular weight is 425 g/mol. The molecule has 1 aliphatic heterocycles. The largest absolute Gasteiger partial charge is 0.465 e. The molecular weight excluding hydrogens is 399 g/mol. The number of aromatic nitrogens is 1. The number of hydrogen-bond donors (Lipinski definition) is 2. The Balaban J connectivity index is 1.74. The van der Waals surface area contributed by atoms with Gasteiger partial charge in [0, 0.05) is 31.5 Å². The van der Waals surface area contributed by atoms with Crippen molar-refractivity contribution >= 4 is 17.6 Å². The number of nitrogens with one attached hydrogen (secondary N) is 1. The van der Waals surface area contributed by atoms with Crippen molar-refractivity contribution in [2.24, 2.45) is 11.3 Å². The van der Waals surface area contributed by atoms with Crippen LogP contribution in [0.15, 0.2) is 24.5 Å². The summed E-state index contributed by atoms with van der Waals surface area (Å²) in [5, 5.41) is 11.5. The number of hydrogen-bond acceptors (Lipinski definition) is 3. The van der Waals surface area contributed by atoms with Gasteiger partial charge in [0.25, 0.3) is 0 Å². The van der Waals surface area contributed by atoms with Gasteiger partial charge < -0.3 is 15.3 Å². The van der Waals surface area contributed by atoms with E-state index in [1.165, 1.54) is 6.20 Å². The van der Waals surface area contributed by atoms with Gasteiger partial charge in [-0.25, -0.2) is 4.79 Å². The zero-order chi connectivity index (χ0) is 22.1. The van der Waals surface area contributed by atoms with E-state index in [9.17, 15) is 22.8 Å². The van der Waals surface area contributed by atoms with Gasteiger partial charge >= 0.3 is 12.3 Å². The van der Waals surface area contributed by atoms with Crippen molar-refractivity contribution < 1.29 is 27.9 Å². The summed E-state index contributed by atoms with van der Waals surface area (Å²) in [7, 11) is 0. The Kier molecular flexibility index (Phi) is 6.10. The van der Waals surface area contributed by atoms with Crippen LogP contribution in [-0.4, -0.2) is 46.1 Å². The molecule has 1 fully saturated rings. The number of rotatable bonds is 4. The van der Waals surface area contributed by atoms with Crippen LogP contribution in [0.1, 0.15) is 50.7 Å². The second-order valence-corrected chi connectivity index (χ2v) is 8.39. The van der Waals surface area contributed by atoms with Gasteiger partial charge in [-0.3, -0.25) is 9.78 Å². The first kappa shape index (κ1) is 22.1. The van der Waals surface area contributed by atoms with Gasteiger partial charge in [0.15, 0.2) is 0 Å². The van der Waals surface area contributed by atoms with E-state index in [2.05, 4.69) is 10.3 Å². The minimum Gasteiger partial charge on any atom is -0.465 e. The minimum absolute atomic E-state index is 0.00958. The lowest BCUT2D eigenvalue weighted by Gasteiger charge is -2.39. The number of carboxylic acid groups (broad SMARTS) is 1. The molecule has 2 atom stereocenters. The van der Waals surface area contributed by atoms with Gasteiger partial charge in [-0.15, -0.1) is 0 Å². The second-order valence-electron chi connectivity index (χ2n) is 8.39. The summed E-state index contributed by atoms with van der Waals surface area (Å²) in [5.74, 6) is 0.0355. The Labute approximate surface area is 173 Å². The van der Waals surface area contributed by atoms with Crippen molar-refractivity contribution in [2.75, 3.05) is 13.1 Å². The molecule has 1 aromatic heterocycles. The summed E-state index contributed by atoms with van der Waals surface area (Å²) in [6, 6.07) is 0.839. The van der Waals surface area contributed by atoms with E-state index < -0.39 is 23.2 Å². The predicted octanol–water partition coefficient (Wildman–Crippen LogP) is 4.18. The van der Waals surface area contributed by atoms with Gasteiger partial charge in [-0.1, -0.05) is 19.9 Å². The molecule has 164 valence electrons. The van der Waals surface area contributed by atoms with Crippen LogP contribution in [0.25, 0.3) is 5.57 Å². The van der Waals surface area contributed by atoms with Crippen molar-refractivity contribution in [1.82, 2.24) is 15.2 Å². The van der Waals surface area contributed by atoms with Crippen LogP contribution in [0.2, 0.25) is 0 Å². The molecule has 2 amide bonds. The molecule has 2 heterocycles. The summed E-state index contributed by atoms with van der Waals surface area (Å²) in [5.41, 5.74) is -0.257. The van der Waals surface area contributed by atoms with Gasteiger partial charge in [0.2, 0.25) is 5.91 Å². The maximum absolute atomic E-state index is 13.4. The van der Waals surface area contributed by atoms with Gasteiger partial charge in [-0.2, -0.15) is 13.2 Å². The highest BCUT2D eigenvalue weighted by Gasteiger charge is 2.49. The van der Waals surface area contributed by atoms with Crippen LogP contribution in [0.5, 0.6) is 0 Å². The highest BCUT2D eigenvalue weighted by atomic mass is 19.4. The third-order valence-corrected chi connectivity index (χ3v) is 6.34. The lowest BCUT2D eigenvalue weighted by molar-refractivity contribution is -0.144.